The van der Waals surface area contributed by atoms with E-state index in [0.29, 0.717) is 0 Å². The SMILES string of the molecule is COc1ccc(COC[C@H]2O[C@@H](OC[C@H]3O[C@H](OC)[C@H](OCc4ccccc4)[C@@H](OCc4ccccc4)[C@@H]3OCc3ccccc3)[C@@H](O)[C@@H](OCc3ccc(OC)cc3)[C@@H]2OCc2ccccc2)cc1. The molecule has 0 amide bonds. The van der Waals surface area contributed by atoms with E-state index in [-0.39, 0.29) is 52.9 Å². The lowest BCUT2D eigenvalue weighted by atomic mass is 9.97. The summed E-state index contributed by atoms with van der Waals surface area (Å²) < 4.78 is 76.9. The predicted molar refractivity (Wildman–Crippen MR) is 261 cm³/mol. The van der Waals surface area contributed by atoms with Crippen molar-refractivity contribution < 1.29 is 61.9 Å². The molecule has 13 nitrogen and oxygen atoms in total. The van der Waals surface area contributed by atoms with Gasteiger partial charge in [-0.2, -0.15) is 0 Å². The molecule has 70 heavy (non-hydrogen) atoms. The van der Waals surface area contributed by atoms with Crippen LogP contribution in [0.4, 0.5) is 0 Å². The highest BCUT2D eigenvalue weighted by Crippen LogP contribution is 2.34. The number of aliphatic hydroxyl groups is 1. The van der Waals surface area contributed by atoms with E-state index < -0.39 is 61.4 Å². The van der Waals surface area contributed by atoms with Crippen molar-refractivity contribution >= 4 is 0 Å². The molecule has 0 aromatic heterocycles. The first-order valence-corrected chi connectivity index (χ1v) is 23.7. The molecule has 6 aromatic rings. The summed E-state index contributed by atoms with van der Waals surface area (Å²) in [6.07, 6.45) is -8.85. The van der Waals surface area contributed by atoms with Crippen molar-refractivity contribution in [3.05, 3.63) is 203 Å². The summed E-state index contributed by atoms with van der Waals surface area (Å²) in [6.45, 7) is 1.46. The summed E-state index contributed by atoms with van der Waals surface area (Å²) in [6, 6.07) is 54.8. The Labute approximate surface area is 411 Å². The van der Waals surface area contributed by atoms with E-state index >= 15 is 0 Å². The Morgan fingerprint density at radius 3 is 1.16 bits per heavy atom. The van der Waals surface area contributed by atoms with Gasteiger partial charge in [0.05, 0.1) is 67.1 Å². The van der Waals surface area contributed by atoms with Crippen LogP contribution in [0, 0.1) is 0 Å². The second-order valence-corrected chi connectivity index (χ2v) is 17.2. The van der Waals surface area contributed by atoms with E-state index in [0.717, 1.165) is 44.9 Å². The zero-order valence-corrected chi connectivity index (χ0v) is 39.9. The third-order valence-corrected chi connectivity index (χ3v) is 12.3. The van der Waals surface area contributed by atoms with E-state index in [9.17, 15) is 5.11 Å². The first kappa shape index (κ1) is 50.9. The Morgan fingerprint density at radius 2 is 0.714 bits per heavy atom. The van der Waals surface area contributed by atoms with E-state index in [1.54, 1.807) is 21.3 Å². The number of aliphatic hydroxyl groups excluding tert-OH is 1. The lowest BCUT2D eigenvalue weighted by Gasteiger charge is -2.47. The van der Waals surface area contributed by atoms with Crippen LogP contribution in [0.2, 0.25) is 0 Å². The van der Waals surface area contributed by atoms with Gasteiger partial charge in [0.25, 0.3) is 0 Å². The van der Waals surface area contributed by atoms with Gasteiger partial charge >= 0.3 is 0 Å². The van der Waals surface area contributed by atoms with Crippen LogP contribution in [0.3, 0.4) is 0 Å². The summed E-state index contributed by atoms with van der Waals surface area (Å²) in [5.74, 6) is 1.46. The third kappa shape index (κ3) is 14.3. The van der Waals surface area contributed by atoms with Crippen LogP contribution in [0.15, 0.2) is 170 Å². The van der Waals surface area contributed by atoms with Crippen LogP contribution in [0.25, 0.3) is 0 Å². The van der Waals surface area contributed by atoms with Crippen molar-refractivity contribution in [2.24, 2.45) is 0 Å². The Morgan fingerprint density at radius 1 is 0.357 bits per heavy atom. The van der Waals surface area contributed by atoms with Gasteiger partial charge in [-0.3, -0.25) is 0 Å². The van der Waals surface area contributed by atoms with Gasteiger partial charge in [-0.05, 0) is 57.6 Å². The van der Waals surface area contributed by atoms with Crippen molar-refractivity contribution in [1.82, 2.24) is 0 Å². The van der Waals surface area contributed by atoms with Crippen molar-refractivity contribution in [2.45, 2.75) is 101 Å². The topological polar surface area (TPSA) is 131 Å². The molecule has 0 unspecified atom stereocenters. The van der Waals surface area contributed by atoms with Gasteiger partial charge in [-0.15, -0.1) is 0 Å². The van der Waals surface area contributed by atoms with Crippen LogP contribution in [-0.2, 0) is 87.0 Å². The summed E-state index contributed by atoms with van der Waals surface area (Å²) in [7, 11) is 4.83. The van der Waals surface area contributed by atoms with Gasteiger partial charge < -0.3 is 61.9 Å². The standard InChI is InChI=1S/C57H64O13/c1-59-46-28-24-44(25-29-46)32-62-38-48-51(63-33-40-16-8-4-9-17-40)53(65-37-45-26-30-47(60-2)31-27-45)50(58)56(69-48)68-39-49-52(64-34-41-18-10-5-11-19-41)54(66-35-42-20-12-6-13-21-42)55(57(61-3)70-49)67-36-43-22-14-7-15-23-43/h4-31,48-58H,32-39H2,1-3H3/t48-,49-,50+,51-,52-,53-,54+,55-,56-,57+/m1/s1. The smallest absolute Gasteiger partial charge is 0.186 e. The van der Waals surface area contributed by atoms with Gasteiger partial charge in [0.15, 0.2) is 12.6 Å². The van der Waals surface area contributed by atoms with Gasteiger partial charge in [0.1, 0.15) is 60.3 Å². The molecule has 2 fully saturated rings. The maximum atomic E-state index is 12.4. The molecule has 0 spiro atoms. The van der Waals surface area contributed by atoms with Crippen molar-refractivity contribution in [2.75, 3.05) is 34.5 Å². The fourth-order valence-electron chi connectivity index (χ4n) is 8.51. The molecule has 370 valence electrons. The lowest BCUT2D eigenvalue weighted by Crippen LogP contribution is -2.63. The molecular formula is C57H64O13. The average Bonchev–Trinajstić information content (AvgIpc) is 3.42. The van der Waals surface area contributed by atoms with Gasteiger partial charge in [0, 0.05) is 7.11 Å². The zero-order valence-electron chi connectivity index (χ0n) is 39.9. The molecule has 0 saturated carbocycles. The molecule has 6 aromatic carbocycles. The number of methoxy groups -OCH3 is 3. The van der Waals surface area contributed by atoms with E-state index in [1.165, 1.54) is 0 Å². The largest absolute Gasteiger partial charge is 0.497 e. The Balaban J connectivity index is 1.07. The second kappa shape index (κ2) is 26.6. The average molecular weight is 957 g/mol. The van der Waals surface area contributed by atoms with Crippen LogP contribution >= 0.6 is 0 Å². The fraction of sp³-hybridized carbons (Fsp3) is 0.368. The number of hydrogen-bond acceptors (Lipinski definition) is 13. The van der Waals surface area contributed by atoms with Gasteiger partial charge in [-0.25, -0.2) is 0 Å². The van der Waals surface area contributed by atoms with Gasteiger partial charge in [0.2, 0.25) is 0 Å². The highest BCUT2D eigenvalue weighted by atomic mass is 16.7. The Kier molecular flexibility index (Phi) is 19.3. The molecule has 0 bridgehead atoms. The summed E-state index contributed by atoms with van der Waals surface area (Å²) in [4.78, 5) is 0. The molecule has 13 heteroatoms. The van der Waals surface area contributed by atoms with Crippen LogP contribution in [0.5, 0.6) is 11.5 Å². The maximum Gasteiger partial charge on any atom is 0.186 e. The monoisotopic (exact) mass is 956 g/mol. The first-order chi connectivity index (χ1) is 34.5. The Hall–Kier alpha value is -5.52. The van der Waals surface area contributed by atoms with Crippen LogP contribution in [-0.4, -0.2) is 101 Å². The predicted octanol–water partition coefficient (Wildman–Crippen LogP) is 8.62. The van der Waals surface area contributed by atoms with E-state index in [4.69, 9.17) is 56.8 Å². The molecule has 10 atom stereocenters. The van der Waals surface area contributed by atoms with E-state index in [1.807, 2.05) is 170 Å². The number of ether oxygens (including phenoxy) is 12. The number of rotatable bonds is 25. The highest BCUT2D eigenvalue weighted by Gasteiger charge is 2.51. The zero-order chi connectivity index (χ0) is 48.3. The molecule has 0 radical (unpaired) electrons. The fourth-order valence-corrected chi connectivity index (χ4v) is 8.51. The van der Waals surface area contributed by atoms with Crippen molar-refractivity contribution in [3.8, 4) is 11.5 Å². The van der Waals surface area contributed by atoms with E-state index in [2.05, 4.69) is 0 Å². The Bertz CT molecular complexity index is 2360. The van der Waals surface area contributed by atoms with Crippen LogP contribution in [0.1, 0.15) is 33.4 Å². The molecule has 1 N–H and O–H groups in total. The minimum atomic E-state index is -1.32. The maximum absolute atomic E-state index is 12.4. The molecule has 8 rings (SSSR count). The number of benzene rings is 6. The molecular weight excluding hydrogens is 893 g/mol. The van der Waals surface area contributed by atoms with Crippen molar-refractivity contribution in [3.63, 3.8) is 0 Å². The highest BCUT2D eigenvalue weighted by molar-refractivity contribution is 5.28. The third-order valence-electron chi connectivity index (χ3n) is 12.3. The minimum Gasteiger partial charge on any atom is -0.497 e. The molecule has 2 aliphatic rings. The van der Waals surface area contributed by atoms with Crippen molar-refractivity contribution in [1.29, 1.82) is 0 Å². The lowest BCUT2D eigenvalue weighted by molar-refractivity contribution is -0.346. The quantitative estimate of drug-likeness (QED) is 0.0588. The molecule has 0 aliphatic carbocycles. The number of hydrogen-bond donors (Lipinski definition) is 1. The molecule has 2 heterocycles. The summed E-state index contributed by atoms with van der Waals surface area (Å²) in [5, 5.41) is 12.4. The van der Waals surface area contributed by atoms with Gasteiger partial charge in [-0.1, -0.05) is 146 Å². The second-order valence-electron chi connectivity index (χ2n) is 17.2. The first-order valence-electron chi connectivity index (χ1n) is 23.7. The summed E-state index contributed by atoms with van der Waals surface area (Å²) >= 11 is 0. The summed E-state index contributed by atoms with van der Waals surface area (Å²) in [5.41, 5.74) is 5.67. The molecule has 2 saturated heterocycles. The molecule has 2 aliphatic heterocycles. The minimum absolute atomic E-state index is 0.0881. The normalized spacial score (nSPS) is 24.5. The van der Waals surface area contributed by atoms with Crippen LogP contribution < -0.4 is 9.47 Å².